The monoisotopic (exact) mass is 567 g/mol. The Labute approximate surface area is 226 Å². The number of ketones is 1. The average Bonchev–Trinajstić information content (AvgIpc) is 3.37. The number of nitrogens with one attached hydrogen (secondary N) is 1. The number of halogens is 4. The molecule has 0 spiro atoms. The first-order valence-electron chi connectivity index (χ1n) is 11.7. The fraction of sp³-hybridized carbons (Fsp3) is 0.417. The molecule has 0 aliphatic carbocycles. The van der Waals surface area contributed by atoms with Crippen molar-refractivity contribution in [3.05, 3.63) is 57.0 Å². The Balaban J connectivity index is 1.39. The number of Topliss-reactive ketones (excluding diaryl/α,β-unsaturated/α-hetero) is 1. The average molecular weight is 568 g/mol. The van der Waals surface area contributed by atoms with Crippen LogP contribution >= 0.6 is 22.9 Å². The third kappa shape index (κ3) is 6.45. The minimum absolute atomic E-state index is 0.109. The van der Waals surface area contributed by atoms with Crippen LogP contribution in [0.4, 0.5) is 24.8 Å². The van der Waals surface area contributed by atoms with Gasteiger partial charge in [0.15, 0.2) is 5.78 Å². The molecular weight excluding hydrogens is 543 g/mol. The first kappa shape index (κ1) is 27.9. The Kier molecular flexibility index (Phi) is 8.28. The zero-order valence-corrected chi connectivity index (χ0v) is 22.4. The highest BCUT2D eigenvalue weighted by Crippen LogP contribution is 2.35. The van der Waals surface area contributed by atoms with E-state index in [9.17, 15) is 22.8 Å². The van der Waals surface area contributed by atoms with Crippen LogP contribution in [0.3, 0.4) is 0 Å². The van der Waals surface area contributed by atoms with E-state index in [2.05, 4.69) is 49.0 Å². The largest absolute Gasteiger partial charge is 0.418 e. The van der Waals surface area contributed by atoms with Gasteiger partial charge in [0.2, 0.25) is 0 Å². The first-order valence-corrected chi connectivity index (χ1v) is 12.9. The number of piperazine rings is 1. The molecule has 4 heterocycles. The Morgan fingerprint density at radius 2 is 1.95 bits per heavy atom. The summed E-state index contributed by atoms with van der Waals surface area (Å²) in [6, 6.07) is 2.72. The number of aromatic nitrogens is 4. The summed E-state index contributed by atoms with van der Waals surface area (Å²) in [5.74, 6) is -0.763. The van der Waals surface area contributed by atoms with Crippen LogP contribution < -0.4 is 10.2 Å². The van der Waals surface area contributed by atoms with Gasteiger partial charge in [-0.05, 0) is 20.0 Å². The fourth-order valence-corrected chi connectivity index (χ4v) is 5.00. The first-order chi connectivity index (χ1) is 17.9. The zero-order chi connectivity index (χ0) is 27.6. The van der Waals surface area contributed by atoms with E-state index in [1.54, 1.807) is 13.0 Å². The summed E-state index contributed by atoms with van der Waals surface area (Å²) < 4.78 is 39.2. The van der Waals surface area contributed by atoms with Gasteiger partial charge in [-0.15, -0.1) is 11.3 Å². The third-order valence-corrected chi connectivity index (χ3v) is 7.81. The van der Waals surface area contributed by atoms with Crippen LogP contribution in [-0.4, -0.2) is 69.3 Å². The van der Waals surface area contributed by atoms with Gasteiger partial charge in [-0.3, -0.25) is 9.59 Å². The minimum atomic E-state index is -4.69. The Morgan fingerprint density at radius 1 is 1.18 bits per heavy atom. The van der Waals surface area contributed by atoms with Crippen molar-refractivity contribution >= 4 is 46.3 Å². The van der Waals surface area contributed by atoms with Gasteiger partial charge in [0.1, 0.15) is 28.5 Å². The molecule has 14 heteroatoms. The van der Waals surface area contributed by atoms with Crippen LogP contribution in [0.2, 0.25) is 5.02 Å². The maximum atomic E-state index is 13.1. The predicted molar refractivity (Wildman–Crippen MR) is 138 cm³/mol. The summed E-state index contributed by atoms with van der Waals surface area (Å²) in [6.45, 7) is 6.43. The topological polar surface area (TPSA) is 104 Å². The summed E-state index contributed by atoms with van der Waals surface area (Å²) >= 11 is 6.62. The number of rotatable bonds is 7. The van der Waals surface area contributed by atoms with E-state index < -0.39 is 22.7 Å². The normalized spacial score (nSPS) is 17.3. The number of nitrogens with zero attached hydrogens (tertiary/aromatic N) is 6. The van der Waals surface area contributed by atoms with Crippen molar-refractivity contribution < 1.29 is 22.8 Å². The van der Waals surface area contributed by atoms with Crippen molar-refractivity contribution in [1.29, 1.82) is 0 Å². The second-order valence-corrected chi connectivity index (χ2v) is 10.6. The molecule has 0 bridgehead atoms. The number of amides is 1. The molecule has 0 saturated carbocycles. The molecule has 0 radical (unpaired) electrons. The lowest BCUT2D eigenvalue weighted by Gasteiger charge is -2.38. The summed E-state index contributed by atoms with van der Waals surface area (Å²) in [5.41, 5.74) is -0.797. The standard InChI is InChI=1S/C24H25ClF3N7O2S/c1-13(6-18(36)17-8-21(32-12-31-17)35-5-4-34(3)14(2)11-35)23-30-10-19(38-23)22(37)33-20-7-15(24(26,27)28)16(25)9-29-20/h7-10,12-14H,4-6,11H2,1-3H3,(H,29,33,37)/t13-,14?/m0/s1. The minimum Gasteiger partial charge on any atom is -0.354 e. The van der Waals surface area contributed by atoms with E-state index >= 15 is 0 Å². The molecule has 3 aromatic heterocycles. The molecule has 1 fully saturated rings. The molecule has 9 nitrogen and oxygen atoms in total. The molecule has 1 N–H and O–H groups in total. The Bertz CT molecular complexity index is 1340. The van der Waals surface area contributed by atoms with Gasteiger partial charge < -0.3 is 15.1 Å². The smallest absolute Gasteiger partial charge is 0.354 e. The molecule has 0 aromatic carbocycles. The maximum absolute atomic E-state index is 13.1. The van der Waals surface area contributed by atoms with Crippen LogP contribution in [0.15, 0.2) is 30.9 Å². The lowest BCUT2D eigenvalue weighted by molar-refractivity contribution is -0.137. The molecule has 1 unspecified atom stereocenters. The zero-order valence-electron chi connectivity index (χ0n) is 20.8. The van der Waals surface area contributed by atoms with E-state index in [0.717, 1.165) is 37.2 Å². The summed E-state index contributed by atoms with van der Waals surface area (Å²) in [6.07, 6.45) is -1.05. The second-order valence-electron chi connectivity index (χ2n) is 9.13. The van der Waals surface area contributed by atoms with Crippen molar-refractivity contribution in [3.8, 4) is 0 Å². The van der Waals surface area contributed by atoms with Crippen molar-refractivity contribution in [2.24, 2.45) is 0 Å². The molecule has 38 heavy (non-hydrogen) atoms. The van der Waals surface area contributed by atoms with Crippen LogP contribution in [-0.2, 0) is 6.18 Å². The Morgan fingerprint density at radius 3 is 2.66 bits per heavy atom. The molecule has 4 rings (SSSR count). The lowest BCUT2D eigenvalue weighted by Crippen LogP contribution is -2.50. The molecule has 1 aliphatic rings. The number of anilines is 2. The van der Waals surface area contributed by atoms with E-state index in [4.69, 9.17) is 11.6 Å². The molecule has 1 amide bonds. The summed E-state index contributed by atoms with van der Waals surface area (Å²) in [4.78, 5) is 46.6. The summed E-state index contributed by atoms with van der Waals surface area (Å²) in [7, 11) is 2.07. The van der Waals surface area contributed by atoms with Gasteiger partial charge in [-0.1, -0.05) is 18.5 Å². The van der Waals surface area contributed by atoms with Gasteiger partial charge in [0.05, 0.1) is 21.8 Å². The lowest BCUT2D eigenvalue weighted by atomic mass is 10.0. The predicted octanol–water partition coefficient (Wildman–Crippen LogP) is 4.77. The molecule has 1 aliphatic heterocycles. The number of carbonyl (C=O) groups is 2. The highest BCUT2D eigenvalue weighted by Gasteiger charge is 2.34. The number of carbonyl (C=O) groups excluding carboxylic acids is 2. The van der Waals surface area contributed by atoms with Crippen molar-refractivity contribution in [1.82, 2.24) is 24.8 Å². The van der Waals surface area contributed by atoms with E-state index in [-0.39, 0.29) is 28.8 Å². The number of alkyl halides is 3. The quantitative estimate of drug-likeness (QED) is 0.407. The van der Waals surface area contributed by atoms with E-state index in [1.165, 1.54) is 12.5 Å². The Hall–Kier alpha value is -3.16. The highest BCUT2D eigenvalue weighted by molar-refractivity contribution is 7.13. The second kappa shape index (κ2) is 11.3. The van der Waals surface area contributed by atoms with Gasteiger partial charge in [-0.25, -0.2) is 19.9 Å². The van der Waals surface area contributed by atoms with E-state index in [1.807, 2.05) is 0 Å². The molecular formula is C24H25ClF3N7O2S. The number of hydrogen-bond acceptors (Lipinski definition) is 9. The molecule has 1 saturated heterocycles. The molecule has 202 valence electrons. The summed E-state index contributed by atoms with van der Waals surface area (Å²) in [5, 5.41) is 2.30. The van der Waals surface area contributed by atoms with Crippen LogP contribution in [0, 0.1) is 0 Å². The fourth-order valence-electron chi connectivity index (χ4n) is 3.92. The van der Waals surface area contributed by atoms with E-state index in [0.29, 0.717) is 28.6 Å². The van der Waals surface area contributed by atoms with Crippen LogP contribution in [0.25, 0.3) is 0 Å². The molecule has 2 atom stereocenters. The SMILES string of the molecule is CC1CN(c2cc(C(=O)C[C@H](C)c3ncc(C(=O)Nc4cc(C(F)(F)F)c(Cl)cn4)s3)ncn2)CCN1C. The number of likely N-dealkylation sites (N-methyl/N-ethyl adjacent to an activating group) is 1. The number of thiazole rings is 1. The van der Waals surface area contributed by atoms with Crippen molar-refractivity contribution in [2.45, 2.75) is 38.4 Å². The van der Waals surface area contributed by atoms with Crippen LogP contribution in [0.1, 0.15) is 56.9 Å². The van der Waals surface area contributed by atoms with Gasteiger partial charge in [0, 0.05) is 50.3 Å². The third-order valence-electron chi connectivity index (χ3n) is 6.28. The highest BCUT2D eigenvalue weighted by atomic mass is 35.5. The number of pyridine rings is 1. The van der Waals surface area contributed by atoms with Gasteiger partial charge in [-0.2, -0.15) is 13.2 Å². The number of hydrogen-bond donors (Lipinski definition) is 1. The maximum Gasteiger partial charge on any atom is 0.418 e. The van der Waals surface area contributed by atoms with Gasteiger partial charge in [0.25, 0.3) is 5.91 Å². The van der Waals surface area contributed by atoms with Crippen molar-refractivity contribution in [2.75, 3.05) is 36.9 Å². The molecule has 3 aromatic rings. The van der Waals surface area contributed by atoms with Crippen LogP contribution in [0.5, 0.6) is 0 Å². The van der Waals surface area contributed by atoms with Crippen molar-refractivity contribution in [3.63, 3.8) is 0 Å². The van der Waals surface area contributed by atoms with Gasteiger partial charge >= 0.3 is 6.18 Å².